The third-order valence-electron chi connectivity index (χ3n) is 4.30. The van der Waals surface area contributed by atoms with Gasteiger partial charge in [0.05, 0.1) is 18.0 Å². The van der Waals surface area contributed by atoms with Crippen molar-refractivity contribution in [3.8, 4) is 0 Å². The highest BCUT2D eigenvalue weighted by Crippen LogP contribution is 2.20. The molecule has 0 fully saturated rings. The SMILES string of the molecule is CCC(NC(=O)c1ccc(N(CC)S(C)(=O)=O)cc1)c1ccc(C)cc1. The number of benzene rings is 2. The lowest BCUT2D eigenvalue weighted by Gasteiger charge is -2.21. The summed E-state index contributed by atoms with van der Waals surface area (Å²) >= 11 is 0. The lowest BCUT2D eigenvalue weighted by Crippen LogP contribution is -2.30. The second-order valence-corrected chi connectivity index (χ2v) is 8.23. The van der Waals surface area contributed by atoms with Crippen molar-refractivity contribution < 1.29 is 13.2 Å². The smallest absolute Gasteiger partial charge is 0.251 e. The molecule has 6 heteroatoms. The molecule has 0 aliphatic rings. The van der Waals surface area contributed by atoms with E-state index in [-0.39, 0.29) is 11.9 Å². The summed E-state index contributed by atoms with van der Waals surface area (Å²) in [6.45, 7) is 6.17. The largest absolute Gasteiger partial charge is 0.345 e. The molecule has 140 valence electrons. The summed E-state index contributed by atoms with van der Waals surface area (Å²) in [5.74, 6) is -0.175. The molecular weight excluding hydrogens is 348 g/mol. The number of hydrogen-bond acceptors (Lipinski definition) is 3. The maximum Gasteiger partial charge on any atom is 0.251 e. The van der Waals surface area contributed by atoms with E-state index in [1.165, 1.54) is 16.1 Å². The third kappa shape index (κ3) is 4.85. The van der Waals surface area contributed by atoms with Crippen LogP contribution in [0.25, 0.3) is 0 Å². The number of rotatable bonds is 7. The van der Waals surface area contributed by atoms with Gasteiger partial charge in [0.25, 0.3) is 5.91 Å². The monoisotopic (exact) mass is 374 g/mol. The van der Waals surface area contributed by atoms with E-state index in [1.54, 1.807) is 31.2 Å². The Labute approximate surface area is 156 Å². The Balaban J connectivity index is 2.15. The van der Waals surface area contributed by atoms with Crippen LogP contribution < -0.4 is 9.62 Å². The number of nitrogens with zero attached hydrogens (tertiary/aromatic N) is 1. The van der Waals surface area contributed by atoms with E-state index >= 15 is 0 Å². The zero-order valence-electron chi connectivity index (χ0n) is 15.7. The number of anilines is 1. The molecule has 2 aromatic rings. The lowest BCUT2D eigenvalue weighted by molar-refractivity contribution is 0.0935. The zero-order valence-corrected chi connectivity index (χ0v) is 16.5. The molecule has 0 aliphatic heterocycles. The van der Waals surface area contributed by atoms with Crippen LogP contribution in [0, 0.1) is 6.92 Å². The van der Waals surface area contributed by atoms with Crippen molar-refractivity contribution in [2.24, 2.45) is 0 Å². The second kappa shape index (κ2) is 8.36. The van der Waals surface area contributed by atoms with Crippen LogP contribution >= 0.6 is 0 Å². The number of amides is 1. The number of carbonyl (C=O) groups is 1. The second-order valence-electron chi connectivity index (χ2n) is 6.32. The minimum Gasteiger partial charge on any atom is -0.345 e. The fourth-order valence-corrected chi connectivity index (χ4v) is 3.82. The number of nitrogens with one attached hydrogen (secondary N) is 1. The molecule has 1 amide bonds. The minimum atomic E-state index is -3.33. The summed E-state index contributed by atoms with van der Waals surface area (Å²) in [5.41, 5.74) is 3.30. The fraction of sp³-hybridized carbons (Fsp3) is 0.350. The summed E-state index contributed by atoms with van der Waals surface area (Å²) in [6.07, 6.45) is 1.95. The van der Waals surface area contributed by atoms with E-state index in [0.29, 0.717) is 17.8 Å². The molecule has 5 nitrogen and oxygen atoms in total. The first-order valence-electron chi connectivity index (χ1n) is 8.71. The molecule has 0 spiro atoms. The van der Waals surface area contributed by atoms with Gasteiger partial charge >= 0.3 is 0 Å². The van der Waals surface area contributed by atoms with Crippen molar-refractivity contribution in [3.05, 3.63) is 65.2 Å². The van der Waals surface area contributed by atoms with Gasteiger partial charge in [-0.25, -0.2) is 8.42 Å². The van der Waals surface area contributed by atoms with Crippen molar-refractivity contribution in [2.75, 3.05) is 17.1 Å². The van der Waals surface area contributed by atoms with Crippen LogP contribution in [-0.2, 0) is 10.0 Å². The van der Waals surface area contributed by atoms with Crippen LogP contribution in [0.5, 0.6) is 0 Å². The van der Waals surface area contributed by atoms with Crippen molar-refractivity contribution >= 4 is 21.6 Å². The topological polar surface area (TPSA) is 66.5 Å². The first kappa shape index (κ1) is 20.0. The molecule has 2 rings (SSSR count). The maximum atomic E-state index is 12.6. The maximum absolute atomic E-state index is 12.6. The minimum absolute atomic E-state index is 0.0639. The summed E-state index contributed by atoms with van der Waals surface area (Å²) < 4.78 is 24.9. The molecule has 0 aromatic heterocycles. The highest BCUT2D eigenvalue weighted by atomic mass is 32.2. The number of aryl methyl sites for hydroxylation is 1. The van der Waals surface area contributed by atoms with Crippen LogP contribution in [0.4, 0.5) is 5.69 Å². The van der Waals surface area contributed by atoms with Crippen LogP contribution in [0.3, 0.4) is 0 Å². The van der Waals surface area contributed by atoms with E-state index in [0.717, 1.165) is 12.0 Å². The Kier molecular flexibility index (Phi) is 6.42. The predicted octanol–water partition coefficient (Wildman–Crippen LogP) is 3.66. The van der Waals surface area contributed by atoms with Crippen LogP contribution in [0.15, 0.2) is 48.5 Å². The molecule has 1 unspecified atom stereocenters. The quantitative estimate of drug-likeness (QED) is 0.804. The summed E-state index contributed by atoms with van der Waals surface area (Å²) in [6, 6.07) is 14.7. The zero-order chi connectivity index (χ0) is 19.3. The van der Waals surface area contributed by atoms with Gasteiger partial charge in [-0.15, -0.1) is 0 Å². The molecular formula is C20H26N2O3S. The Morgan fingerprint density at radius 1 is 1.04 bits per heavy atom. The van der Waals surface area contributed by atoms with Gasteiger partial charge in [0.15, 0.2) is 0 Å². The molecule has 0 heterocycles. The molecule has 0 aliphatic carbocycles. The van der Waals surface area contributed by atoms with E-state index in [9.17, 15) is 13.2 Å². The Hall–Kier alpha value is -2.34. The Bertz CT molecular complexity index is 844. The van der Waals surface area contributed by atoms with Crippen LogP contribution in [-0.4, -0.2) is 27.1 Å². The molecule has 26 heavy (non-hydrogen) atoms. The van der Waals surface area contributed by atoms with Gasteiger partial charge in [0.2, 0.25) is 10.0 Å². The van der Waals surface area contributed by atoms with Crippen molar-refractivity contribution in [2.45, 2.75) is 33.2 Å². The predicted molar refractivity (Wildman–Crippen MR) is 106 cm³/mol. The highest BCUT2D eigenvalue weighted by Gasteiger charge is 2.17. The van der Waals surface area contributed by atoms with Gasteiger partial charge in [-0.05, 0) is 50.1 Å². The summed E-state index contributed by atoms with van der Waals surface area (Å²) in [4.78, 5) is 12.6. The molecule has 0 saturated heterocycles. The van der Waals surface area contributed by atoms with Gasteiger partial charge in [-0.1, -0.05) is 36.8 Å². The average Bonchev–Trinajstić information content (AvgIpc) is 2.60. The fourth-order valence-electron chi connectivity index (χ4n) is 2.85. The van der Waals surface area contributed by atoms with Gasteiger partial charge in [-0.2, -0.15) is 0 Å². The summed E-state index contributed by atoms with van der Waals surface area (Å²) in [5, 5.41) is 3.04. The van der Waals surface area contributed by atoms with Gasteiger partial charge in [-0.3, -0.25) is 9.10 Å². The third-order valence-corrected chi connectivity index (χ3v) is 5.57. The standard InChI is InChI=1S/C20H26N2O3S/c1-5-19(16-9-7-15(3)8-10-16)21-20(23)17-11-13-18(14-12-17)22(6-2)26(4,24)25/h7-14,19H,5-6H2,1-4H3,(H,21,23). The van der Waals surface area contributed by atoms with E-state index in [4.69, 9.17) is 0 Å². The van der Waals surface area contributed by atoms with Gasteiger partial charge in [0.1, 0.15) is 0 Å². The number of sulfonamides is 1. The van der Waals surface area contributed by atoms with Gasteiger partial charge in [0, 0.05) is 12.1 Å². The Morgan fingerprint density at radius 2 is 1.62 bits per heavy atom. The molecule has 1 atom stereocenters. The van der Waals surface area contributed by atoms with Crippen LogP contribution in [0.1, 0.15) is 47.8 Å². The normalized spacial score (nSPS) is 12.5. The molecule has 0 bridgehead atoms. The van der Waals surface area contributed by atoms with E-state index in [1.807, 2.05) is 38.1 Å². The van der Waals surface area contributed by atoms with Crippen molar-refractivity contribution in [1.29, 1.82) is 0 Å². The first-order chi connectivity index (χ1) is 12.3. The van der Waals surface area contributed by atoms with E-state index < -0.39 is 10.0 Å². The molecule has 2 aromatic carbocycles. The number of hydrogen-bond donors (Lipinski definition) is 1. The molecule has 1 N–H and O–H groups in total. The van der Waals surface area contributed by atoms with Crippen molar-refractivity contribution in [3.63, 3.8) is 0 Å². The Morgan fingerprint density at radius 3 is 2.08 bits per heavy atom. The molecule has 0 saturated carbocycles. The van der Waals surface area contributed by atoms with E-state index in [2.05, 4.69) is 5.32 Å². The first-order valence-corrected chi connectivity index (χ1v) is 10.6. The summed E-state index contributed by atoms with van der Waals surface area (Å²) in [7, 11) is -3.33. The van der Waals surface area contributed by atoms with Crippen LogP contribution in [0.2, 0.25) is 0 Å². The number of carbonyl (C=O) groups excluding carboxylic acids is 1. The highest BCUT2D eigenvalue weighted by molar-refractivity contribution is 7.92. The average molecular weight is 375 g/mol. The lowest BCUT2D eigenvalue weighted by atomic mass is 10.0. The van der Waals surface area contributed by atoms with Crippen molar-refractivity contribution in [1.82, 2.24) is 5.32 Å². The molecule has 0 radical (unpaired) electrons. The van der Waals surface area contributed by atoms with Gasteiger partial charge < -0.3 is 5.32 Å².